The van der Waals surface area contributed by atoms with E-state index in [4.69, 9.17) is 14.2 Å². The number of halogens is 3. The van der Waals surface area contributed by atoms with Gasteiger partial charge in [0.15, 0.2) is 5.60 Å². The fraction of sp³-hybridized carbons (Fsp3) is 0.478. The Kier molecular flexibility index (Phi) is 3.50. The highest BCUT2D eigenvalue weighted by atomic mass is 19.4. The molecule has 0 amide bonds. The van der Waals surface area contributed by atoms with Crippen molar-refractivity contribution in [1.82, 2.24) is 0 Å². The molecule has 3 heterocycles. The maximum Gasteiger partial charge on any atom is 0.416 e. The van der Waals surface area contributed by atoms with Crippen molar-refractivity contribution < 1.29 is 27.4 Å². The van der Waals surface area contributed by atoms with Crippen molar-refractivity contribution in [3.05, 3.63) is 71.0 Å². The van der Waals surface area contributed by atoms with Crippen LogP contribution in [0.15, 0.2) is 59.9 Å². The number of epoxide rings is 1. The van der Waals surface area contributed by atoms with E-state index in [9.17, 15) is 13.2 Å². The van der Waals surface area contributed by atoms with Gasteiger partial charge in [0.2, 0.25) is 5.79 Å². The molecule has 5 rings (SSSR count). The molecular weight excluding hydrogens is 381 g/mol. The first-order valence-corrected chi connectivity index (χ1v) is 9.77. The van der Waals surface area contributed by atoms with Crippen LogP contribution >= 0.6 is 0 Å². The van der Waals surface area contributed by atoms with Crippen molar-refractivity contribution in [1.29, 1.82) is 0 Å². The van der Waals surface area contributed by atoms with Gasteiger partial charge in [0.05, 0.1) is 11.2 Å². The maximum atomic E-state index is 13.3. The summed E-state index contributed by atoms with van der Waals surface area (Å²) in [6, 6.07) is 5.57. The summed E-state index contributed by atoms with van der Waals surface area (Å²) < 4.78 is 58.3. The molecule has 3 nitrogen and oxygen atoms in total. The second-order valence-corrected chi connectivity index (χ2v) is 9.45. The minimum Gasteiger partial charge on any atom is -0.488 e. The zero-order valence-electron chi connectivity index (χ0n) is 16.8. The van der Waals surface area contributed by atoms with Crippen molar-refractivity contribution in [2.75, 3.05) is 0 Å². The molecule has 0 aromatic heterocycles. The maximum absolute atomic E-state index is 13.3. The minimum atomic E-state index is -4.38. The first kappa shape index (κ1) is 18.9. The predicted molar refractivity (Wildman–Crippen MR) is 101 cm³/mol. The van der Waals surface area contributed by atoms with E-state index in [-0.39, 0.29) is 5.92 Å². The van der Waals surface area contributed by atoms with Gasteiger partial charge in [0.1, 0.15) is 11.4 Å². The third-order valence-electron chi connectivity index (χ3n) is 6.02. The average Bonchev–Trinajstić information content (AvgIpc) is 3.24. The molecule has 4 aliphatic rings. The van der Waals surface area contributed by atoms with Gasteiger partial charge >= 0.3 is 6.18 Å². The van der Waals surface area contributed by atoms with Crippen LogP contribution in [-0.4, -0.2) is 22.6 Å². The first-order valence-electron chi connectivity index (χ1n) is 9.77. The van der Waals surface area contributed by atoms with Crippen LogP contribution in [0.3, 0.4) is 0 Å². The van der Waals surface area contributed by atoms with Crippen LogP contribution < -0.4 is 0 Å². The number of alkyl halides is 3. The van der Waals surface area contributed by atoms with Crippen LogP contribution in [0.5, 0.6) is 0 Å². The first-order chi connectivity index (χ1) is 13.3. The second-order valence-electron chi connectivity index (χ2n) is 9.45. The molecule has 2 fully saturated rings. The third kappa shape index (κ3) is 2.88. The van der Waals surface area contributed by atoms with Gasteiger partial charge in [-0.25, -0.2) is 0 Å². The van der Waals surface area contributed by atoms with Crippen LogP contribution in [-0.2, 0) is 20.4 Å². The molecule has 0 radical (unpaired) electrons. The molecule has 6 heteroatoms. The van der Waals surface area contributed by atoms with Gasteiger partial charge in [-0.3, -0.25) is 0 Å². The van der Waals surface area contributed by atoms with Gasteiger partial charge in [-0.05, 0) is 57.9 Å². The number of ether oxygens (including phenoxy) is 3. The molecule has 0 saturated carbocycles. The Bertz CT molecular complexity index is 985. The summed E-state index contributed by atoms with van der Waals surface area (Å²) >= 11 is 0. The van der Waals surface area contributed by atoms with Gasteiger partial charge in [0, 0.05) is 17.6 Å². The van der Waals surface area contributed by atoms with Gasteiger partial charge in [-0.15, -0.1) is 0 Å². The van der Waals surface area contributed by atoms with Gasteiger partial charge in [0.25, 0.3) is 0 Å². The largest absolute Gasteiger partial charge is 0.488 e. The Morgan fingerprint density at radius 2 is 1.76 bits per heavy atom. The summed E-state index contributed by atoms with van der Waals surface area (Å²) in [6.07, 6.45) is 3.95. The number of benzene rings is 1. The normalized spacial score (nSPS) is 36.0. The van der Waals surface area contributed by atoms with E-state index in [1.807, 2.05) is 52.0 Å². The molecule has 3 unspecified atom stereocenters. The van der Waals surface area contributed by atoms with Crippen LogP contribution in [0.25, 0.3) is 0 Å². The highest BCUT2D eigenvalue weighted by Gasteiger charge is 2.73. The van der Waals surface area contributed by atoms with E-state index in [0.717, 1.165) is 11.6 Å². The fourth-order valence-corrected chi connectivity index (χ4v) is 4.66. The molecule has 0 bridgehead atoms. The van der Waals surface area contributed by atoms with Gasteiger partial charge < -0.3 is 14.2 Å². The van der Waals surface area contributed by atoms with E-state index in [0.29, 0.717) is 17.7 Å². The van der Waals surface area contributed by atoms with Crippen molar-refractivity contribution >= 4 is 0 Å². The predicted octanol–water partition coefficient (Wildman–Crippen LogP) is 5.64. The number of fused-ring (bicyclic) bond motifs is 1. The average molecular weight is 404 g/mol. The monoisotopic (exact) mass is 404 g/mol. The zero-order valence-corrected chi connectivity index (χ0v) is 16.8. The van der Waals surface area contributed by atoms with Gasteiger partial charge in [-0.1, -0.05) is 24.3 Å². The molecular formula is C23H23F3O3. The molecule has 3 atom stereocenters. The highest BCUT2D eigenvalue weighted by Crippen LogP contribution is 2.62. The topological polar surface area (TPSA) is 31.0 Å². The molecule has 1 aromatic carbocycles. The van der Waals surface area contributed by atoms with Gasteiger partial charge in [-0.2, -0.15) is 13.2 Å². The Labute approximate surface area is 167 Å². The van der Waals surface area contributed by atoms with E-state index in [1.165, 1.54) is 12.1 Å². The van der Waals surface area contributed by atoms with E-state index in [2.05, 4.69) is 0 Å². The van der Waals surface area contributed by atoms with Crippen molar-refractivity contribution in [3.8, 4) is 0 Å². The lowest BCUT2D eigenvalue weighted by Gasteiger charge is -2.42. The number of allylic oxidation sites excluding steroid dienone is 1. The molecule has 154 valence electrons. The smallest absolute Gasteiger partial charge is 0.416 e. The molecule has 1 aromatic rings. The van der Waals surface area contributed by atoms with Crippen molar-refractivity contribution in [3.63, 3.8) is 0 Å². The van der Waals surface area contributed by atoms with Crippen LogP contribution in [0, 0.1) is 0 Å². The zero-order chi connectivity index (χ0) is 20.9. The van der Waals surface area contributed by atoms with E-state index < -0.39 is 34.3 Å². The number of hydrogen-bond donors (Lipinski definition) is 0. The Hall–Kier alpha value is -2.05. The fourth-order valence-electron chi connectivity index (χ4n) is 4.66. The molecule has 0 N–H and O–H groups in total. The third-order valence-corrected chi connectivity index (χ3v) is 6.02. The standard InChI is InChI=1S/C23H23F3O3/c1-19(2)8-9-21-12-17-16(14-6-5-7-15(10-14)23(24,25)26)11-20(3,4)27-18(17)13-22(21,28-19)29-21/h5-10,12-13,16H,11H2,1-4H3. The Balaban J connectivity index is 1.61. The second kappa shape index (κ2) is 5.35. The minimum absolute atomic E-state index is 0.229. The number of rotatable bonds is 1. The van der Waals surface area contributed by atoms with Crippen LogP contribution in [0.2, 0.25) is 0 Å². The lowest BCUT2D eigenvalue weighted by molar-refractivity contribution is -0.137. The lowest BCUT2D eigenvalue weighted by atomic mass is 9.74. The lowest BCUT2D eigenvalue weighted by Crippen LogP contribution is -2.43. The SMILES string of the molecule is CC1(C)C=CC23C=C4C(=CC2(O1)O3)OC(C)(C)CC4c1cccc(C(F)(F)F)c1. The summed E-state index contributed by atoms with van der Waals surface area (Å²) in [7, 11) is 0. The molecule has 1 aliphatic carbocycles. The number of hydrogen-bond acceptors (Lipinski definition) is 3. The highest BCUT2D eigenvalue weighted by molar-refractivity contribution is 5.55. The summed E-state index contributed by atoms with van der Waals surface area (Å²) in [4.78, 5) is 0. The summed E-state index contributed by atoms with van der Waals surface area (Å²) in [6.45, 7) is 7.81. The quantitative estimate of drug-likeness (QED) is 0.448. The van der Waals surface area contributed by atoms with Crippen LogP contribution in [0.1, 0.15) is 51.2 Å². The van der Waals surface area contributed by atoms with Crippen molar-refractivity contribution in [2.24, 2.45) is 0 Å². The van der Waals surface area contributed by atoms with E-state index >= 15 is 0 Å². The van der Waals surface area contributed by atoms with Crippen molar-refractivity contribution in [2.45, 2.75) is 68.8 Å². The Morgan fingerprint density at radius 3 is 2.48 bits per heavy atom. The molecule has 3 aliphatic heterocycles. The summed E-state index contributed by atoms with van der Waals surface area (Å²) in [5.41, 5.74) is -0.894. The summed E-state index contributed by atoms with van der Waals surface area (Å²) in [5.74, 6) is -0.509. The Morgan fingerprint density at radius 1 is 1.00 bits per heavy atom. The molecule has 0 spiro atoms. The van der Waals surface area contributed by atoms with Crippen LogP contribution in [0.4, 0.5) is 13.2 Å². The molecule has 2 saturated heterocycles. The van der Waals surface area contributed by atoms with E-state index in [1.54, 1.807) is 6.07 Å². The molecule has 29 heavy (non-hydrogen) atoms. The summed E-state index contributed by atoms with van der Waals surface area (Å²) in [5, 5.41) is 0.